The molecule has 0 aliphatic carbocycles. The summed E-state index contributed by atoms with van der Waals surface area (Å²) in [6.45, 7) is 4.58. The summed E-state index contributed by atoms with van der Waals surface area (Å²) >= 11 is 0. The van der Waals surface area contributed by atoms with Crippen molar-refractivity contribution in [3.63, 3.8) is 0 Å². The van der Waals surface area contributed by atoms with Crippen molar-refractivity contribution in [1.82, 2.24) is 10.2 Å². The van der Waals surface area contributed by atoms with Crippen LogP contribution in [0.15, 0.2) is 48.5 Å². The van der Waals surface area contributed by atoms with E-state index in [1.54, 1.807) is 0 Å². The Morgan fingerprint density at radius 1 is 1.03 bits per heavy atom. The van der Waals surface area contributed by atoms with Gasteiger partial charge >= 0.3 is 0 Å². The van der Waals surface area contributed by atoms with E-state index in [0.29, 0.717) is 12.0 Å². The molecule has 2 amide bonds. The van der Waals surface area contributed by atoms with Gasteiger partial charge in [-0.1, -0.05) is 25.1 Å². The van der Waals surface area contributed by atoms with E-state index in [1.807, 2.05) is 13.8 Å². The molecule has 0 saturated carbocycles. The molecule has 0 aliphatic rings. The van der Waals surface area contributed by atoms with Gasteiger partial charge in [-0.25, -0.2) is 17.2 Å². The van der Waals surface area contributed by atoms with Crippen molar-refractivity contribution in [2.75, 3.05) is 17.1 Å². The summed E-state index contributed by atoms with van der Waals surface area (Å²) in [6, 6.07) is 9.26. The summed E-state index contributed by atoms with van der Waals surface area (Å²) in [7, 11) is -3.94. The highest BCUT2D eigenvalue weighted by Gasteiger charge is 2.30. The van der Waals surface area contributed by atoms with Crippen molar-refractivity contribution in [1.29, 1.82) is 0 Å². The van der Waals surface area contributed by atoms with Crippen LogP contribution in [0, 0.1) is 11.6 Å². The topological polar surface area (TPSA) is 86.8 Å². The second-order valence-corrected chi connectivity index (χ2v) is 9.80. The second kappa shape index (κ2) is 11.2. The third-order valence-electron chi connectivity index (χ3n) is 5.21. The van der Waals surface area contributed by atoms with Crippen LogP contribution in [0.5, 0.6) is 0 Å². The molecule has 2 aromatic carbocycles. The molecule has 0 fully saturated rings. The molecule has 2 rings (SSSR count). The highest BCUT2D eigenvalue weighted by Crippen LogP contribution is 2.20. The van der Waals surface area contributed by atoms with E-state index in [1.165, 1.54) is 48.2 Å². The van der Waals surface area contributed by atoms with Crippen molar-refractivity contribution in [2.24, 2.45) is 0 Å². The average Bonchev–Trinajstić information content (AvgIpc) is 2.75. The molecule has 2 aromatic rings. The monoisotopic (exact) mass is 481 g/mol. The molecule has 0 spiro atoms. The predicted molar refractivity (Wildman–Crippen MR) is 123 cm³/mol. The van der Waals surface area contributed by atoms with Crippen molar-refractivity contribution in [3.05, 3.63) is 65.7 Å². The molecule has 0 aromatic heterocycles. The highest BCUT2D eigenvalue weighted by molar-refractivity contribution is 7.92. The largest absolute Gasteiger partial charge is 0.352 e. The Morgan fingerprint density at radius 3 is 2.21 bits per heavy atom. The van der Waals surface area contributed by atoms with Gasteiger partial charge in [0.1, 0.15) is 24.2 Å². The first-order chi connectivity index (χ1) is 15.4. The Bertz CT molecular complexity index is 1080. The standard InChI is InChI=1S/C23H29F2N3O4S/c1-5-16(2)26-23(30)17(3)27(14-18-9-11-19(24)12-10-18)22(29)15-28(33(4,31)32)21-8-6-7-20(25)13-21/h6-13,16-17H,5,14-15H2,1-4H3,(H,26,30)/t16-,17-/m1/s1. The third-order valence-corrected chi connectivity index (χ3v) is 6.35. The van der Waals surface area contributed by atoms with E-state index < -0.39 is 46.1 Å². The Hall–Kier alpha value is -3.01. The van der Waals surface area contributed by atoms with E-state index in [9.17, 15) is 26.8 Å². The number of carbonyl (C=O) groups excluding carboxylic acids is 2. The van der Waals surface area contributed by atoms with Crippen LogP contribution in [0.4, 0.5) is 14.5 Å². The minimum absolute atomic E-state index is 0.00991. The molecule has 7 nitrogen and oxygen atoms in total. The first-order valence-electron chi connectivity index (χ1n) is 10.5. The summed E-state index contributed by atoms with van der Waals surface area (Å²) < 4.78 is 52.6. The molecule has 0 unspecified atom stereocenters. The van der Waals surface area contributed by atoms with Crippen LogP contribution in [-0.2, 0) is 26.2 Å². The number of rotatable bonds is 10. The van der Waals surface area contributed by atoms with E-state index in [2.05, 4.69) is 5.32 Å². The minimum Gasteiger partial charge on any atom is -0.352 e. The summed E-state index contributed by atoms with van der Waals surface area (Å²) in [5, 5.41) is 2.81. The van der Waals surface area contributed by atoms with Crippen LogP contribution in [0.25, 0.3) is 0 Å². The van der Waals surface area contributed by atoms with Gasteiger partial charge < -0.3 is 10.2 Å². The fraction of sp³-hybridized carbons (Fsp3) is 0.391. The maximum atomic E-state index is 13.7. The molecule has 0 radical (unpaired) electrons. The number of hydrogen-bond acceptors (Lipinski definition) is 4. The lowest BCUT2D eigenvalue weighted by Crippen LogP contribution is -2.52. The molecule has 1 N–H and O–H groups in total. The zero-order valence-corrected chi connectivity index (χ0v) is 19.9. The molecule has 0 heterocycles. The second-order valence-electron chi connectivity index (χ2n) is 7.89. The van der Waals surface area contributed by atoms with Crippen molar-refractivity contribution in [3.8, 4) is 0 Å². The number of nitrogens with one attached hydrogen (secondary N) is 1. The summed E-state index contributed by atoms with van der Waals surface area (Å²) in [5.41, 5.74) is 0.550. The zero-order chi connectivity index (χ0) is 24.8. The van der Waals surface area contributed by atoms with E-state index in [0.717, 1.165) is 22.7 Å². The number of amides is 2. The minimum atomic E-state index is -3.94. The van der Waals surface area contributed by atoms with Crippen molar-refractivity contribution in [2.45, 2.75) is 45.8 Å². The lowest BCUT2D eigenvalue weighted by Gasteiger charge is -2.32. The van der Waals surface area contributed by atoms with Gasteiger partial charge in [-0.05, 0) is 56.2 Å². The molecule has 0 saturated heterocycles. The number of halogens is 2. The van der Waals surface area contributed by atoms with E-state index >= 15 is 0 Å². The van der Waals surface area contributed by atoms with Crippen LogP contribution in [0.2, 0.25) is 0 Å². The van der Waals surface area contributed by atoms with Gasteiger partial charge in [0, 0.05) is 12.6 Å². The third kappa shape index (κ3) is 7.52. The van der Waals surface area contributed by atoms with Crippen LogP contribution in [0.1, 0.15) is 32.8 Å². The molecule has 10 heteroatoms. The SMILES string of the molecule is CC[C@@H](C)NC(=O)[C@@H](C)N(Cc1ccc(F)cc1)C(=O)CN(c1cccc(F)c1)S(C)(=O)=O. The van der Waals surface area contributed by atoms with Crippen LogP contribution < -0.4 is 9.62 Å². The summed E-state index contributed by atoms with van der Waals surface area (Å²) in [5.74, 6) is -2.18. The maximum absolute atomic E-state index is 13.7. The molecule has 33 heavy (non-hydrogen) atoms. The first-order valence-corrected chi connectivity index (χ1v) is 12.3. The van der Waals surface area contributed by atoms with Gasteiger partial charge in [-0.15, -0.1) is 0 Å². The number of sulfonamides is 1. The van der Waals surface area contributed by atoms with Crippen LogP contribution >= 0.6 is 0 Å². The van der Waals surface area contributed by atoms with Gasteiger partial charge in [0.15, 0.2) is 0 Å². The predicted octanol–water partition coefficient (Wildman–Crippen LogP) is 3.06. The summed E-state index contributed by atoms with van der Waals surface area (Å²) in [4.78, 5) is 27.3. The fourth-order valence-electron chi connectivity index (χ4n) is 3.08. The lowest BCUT2D eigenvalue weighted by molar-refractivity contribution is -0.139. The molecule has 0 bridgehead atoms. The fourth-order valence-corrected chi connectivity index (χ4v) is 3.92. The Labute approximate surface area is 193 Å². The first kappa shape index (κ1) is 26.2. The quantitative estimate of drug-likeness (QED) is 0.565. The smallest absolute Gasteiger partial charge is 0.244 e. The van der Waals surface area contributed by atoms with E-state index in [4.69, 9.17) is 0 Å². The Kier molecular flexibility index (Phi) is 8.92. The summed E-state index contributed by atoms with van der Waals surface area (Å²) in [6.07, 6.45) is 1.60. The maximum Gasteiger partial charge on any atom is 0.244 e. The van der Waals surface area contributed by atoms with Gasteiger partial charge in [-0.3, -0.25) is 13.9 Å². The molecular formula is C23H29F2N3O4S. The Balaban J connectivity index is 2.37. The number of nitrogens with zero attached hydrogens (tertiary/aromatic N) is 2. The number of benzene rings is 2. The van der Waals surface area contributed by atoms with Gasteiger partial charge in [0.2, 0.25) is 21.8 Å². The van der Waals surface area contributed by atoms with Gasteiger partial charge in [0.25, 0.3) is 0 Å². The van der Waals surface area contributed by atoms with Crippen LogP contribution in [-0.4, -0.2) is 50.0 Å². The van der Waals surface area contributed by atoms with E-state index in [-0.39, 0.29) is 18.3 Å². The number of carbonyl (C=O) groups is 2. The molecular weight excluding hydrogens is 452 g/mol. The van der Waals surface area contributed by atoms with Gasteiger partial charge in [-0.2, -0.15) is 0 Å². The lowest BCUT2D eigenvalue weighted by atomic mass is 10.1. The zero-order valence-electron chi connectivity index (χ0n) is 19.1. The van der Waals surface area contributed by atoms with Gasteiger partial charge in [0.05, 0.1) is 11.9 Å². The van der Waals surface area contributed by atoms with Crippen molar-refractivity contribution >= 4 is 27.5 Å². The highest BCUT2D eigenvalue weighted by atomic mass is 32.2. The molecule has 2 atom stereocenters. The van der Waals surface area contributed by atoms with Crippen LogP contribution in [0.3, 0.4) is 0 Å². The molecule has 0 aliphatic heterocycles. The Morgan fingerprint density at radius 2 is 1.67 bits per heavy atom. The average molecular weight is 482 g/mol. The normalized spacial score (nSPS) is 13.2. The number of anilines is 1. The molecule has 180 valence electrons. The number of hydrogen-bond donors (Lipinski definition) is 1. The van der Waals surface area contributed by atoms with Crippen molar-refractivity contribution < 1.29 is 26.8 Å².